The van der Waals surface area contributed by atoms with Crippen molar-refractivity contribution in [2.45, 2.75) is 57.5 Å². The lowest BCUT2D eigenvalue weighted by atomic mass is 9.92. The van der Waals surface area contributed by atoms with E-state index in [1.807, 2.05) is 6.92 Å². The van der Waals surface area contributed by atoms with E-state index in [0.717, 1.165) is 31.8 Å². The van der Waals surface area contributed by atoms with E-state index in [9.17, 15) is 4.79 Å². The molecule has 0 radical (unpaired) electrons. The van der Waals surface area contributed by atoms with Gasteiger partial charge < -0.3 is 0 Å². The van der Waals surface area contributed by atoms with E-state index in [0.29, 0.717) is 18.5 Å². The summed E-state index contributed by atoms with van der Waals surface area (Å²) < 4.78 is 1.78. The van der Waals surface area contributed by atoms with Crippen molar-refractivity contribution in [3.8, 4) is 0 Å². The van der Waals surface area contributed by atoms with Crippen molar-refractivity contribution in [3.63, 3.8) is 0 Å². The number of rotatable bonds is 3. The molecule has 1 saturated heterocycles. The van der Waals surface area contributed by atoms with Crippen LogP contribution in [0.4, 0.5) is 0 Å². The average Bonchev–Trinajstić information content (AvgIpc) is 2.89. The minimum atomic E-state index is -0.0693. The van der Waals surface area contributed by atoms with Gasteiger partial charge in [-0.25, -0.2) is 9.89 Å². The van der Waals surface area contributed by atoms with Crippen LogP contribution in [0.2, 0.25) is 0 Å². The third-order valence-electron chi connectivity index (χ3n) is 4.70. The first kappa shape index (κ1) is 13.6. The second-order valence-electron chi connectivity index (χ2n) is 5.87. The molecule has 0 aromatic carbocycles. The van der Waals surface area contributed by atoms with Crippen LogP contribution in [0, 0.1) is 0 Å². The van der Waals surface area contributed by atoms with Gasteiger partial charge in [-0.15, -0.1) is 0 Å². The monoisotopic (exact) mass is 276 g/mol. The van der Waals surface area contributed by atoms with Crippen molar-refractivity contribution in [1.82, 2.24) is 19.7 Å². The average molecular weight is 276 g/mol. The molecule has 0 saturated carbocycles. The van der Waals surface area contributed by atoms with Crippen LogP contribution in [0.3, 0.4) is 0 Å². The number of nitrogens with zero attached hydrogens (tertiary/aromatic N) is 3. The van der Waals surface area contributed by atoms with E-state index in [4.69, 9.17) is 0 Å². The number of piperidine rings is 1. The largest absolute Gasteiger partial charge is 0.343 e. The van der Waals surface area contributed by atoms with Crippen LogP contribution in [0.25, 0.3) is 0 Å². The Morgan fingerprint density at radius 1 is 1.35 bits per heavy atom. The number of H-pyrrole nitrogens is 1. The maximum Gasteiger partial charge on any atom is 0.343 e. The Kier molecular flexibility index (Phi) is 4.05. The molecule has 1 aromatic rings. The van der Waals surface area contributed by atoms with E-state index < -0.39 is 0 Å². The fraction of sp³-hybridized carbons (Fsp3) is 0.733. The van der Waals surface area contributed by atoms with E-state index in [1.54, 1.807) is 4.57 Å². The van der Waals surface area contributed by atoms with Crippen LogP contribution in [0.5, 0.6) is 0 Å². The Morgan fingerprint density at radius 3 is 2.80 bits per heavy atom. The van der Waals surface area contributed by atoms with Gasteiger partial charge in [-0.05, 0) is 52.1 Å². The number of aromatic amines is 1. The quantitative estimate of drug-likeness (QED) is 0.858. The molecule has 1 aliphatic heterocycles. The van der Waals surface area contributed by atoms with Gasteiger partial charge in [0.05, 0.1) is 0 Å². The van der Waals surface area contributed by atoms with Crippen LogP contribution in [-0.2, 0) is 6.54 Å². The molecule has 5 nitrogen and oxygen atoms in total. The Balaban J connectivity index is 1.64. The van der Waals surface area contributed by atoms with Gasteiger partial charge in [0, 0.05) is 18.5 Å². The summed E-state index contributed by atoms with van der Waals surface area (Å²) in [7, 11) is 0. The predicted octanol–water partition coefficient (Wildman–Crippen LogP) is 1.88. The maximum absolute atomic E-state index is 11.7. The normalized spacial score (nSPS) is 25.1. The van der Waals surface area contributed by atoms with Crippen molar-refractivity contribution in [3.05, 3.63) is 28.5 Å². The molecule has 1 aliphatic carbocycles. The summed E-state index contributed by atoms with van der Waals surface area (Å²) in [5.41, 5.74) is -0.0693. The smallest absolute Gasteiger partial charge is 0.297 e. The number of likely N-dealkylation sites (tertiary alicyclic amines) is 1. The standard InChI is InChI=1S/C15H24N4O/c1-2-19-14(16-17-15(19)20)12-8-10-18(11-9-12)13-6-4-3-5-7-13/h4,6,12-13H,2-3,5,7-11H2,1H3,(H,17,20). The van der Waals surface area contributed by atoms with Crippen molar-refractivity contribution in [2.75, 3.05) is 13.1 Å². The molecule has 0 spiro atoms. The Hall–Kier alpha value is -1.36. The van der Waals surface area contributed by atoms with Crippen LogP contribution in [0.15, 0.2) is 16.9 Å². The Labute approximate surface area is 119 Å². The molecule has 0 amide bonds. The fourth-order valence-corrected chi connectivity index (χ4v) is 3.54. The van der Waals surface area contributed by atoms with E-state index in [1.165, 1.54) is 19.3 Å². The second-order valence-corrected chi connectivity index (χ2v) is 5.87. The second kappa shape index (κ2) is 5.95. The van der Waals surface area contributed by atoms with Crippen molar-refractivity contribution < 1.29 is 0 Å². The first-order valence-corrected chi connectivity index (χ1v) is 7.85. The zero-order valence-corrected chi connectivity index (χ0v) is 12.2. The number of aromatic nitrogens is 3. The van der Waals surface area contributed by atoms with Gasteiger partial charge in [0.1, 0.15) is 5.82 Å². The molecular formula is C15H24N4O. The van der Waals surface area contributed by atoms with Crippen LogP contribution in [-0.4, -0.2) is 38.8 Å². The third-order valence-corrected chi connectivity index (χ3v) is 4.70. The van der Waals surface area contributed by atoms with Gasteiger partial charge >= 0.3 is 5.69 Å². The molecule has 1 fully saturated rings. The molecule has 2 aliphatic rings. The minimum Gasteiger partial charge on any atom is -0.297 e. The zero-order valence-electron chi connectivity index (χ0n) is 12.2. The highest BCUT2D eigenvalue weighted by molar-refractivity contribution is 5.03. The first-order chi connectivity index (χ1) is 9.79. The number of nitrogens with one attached hydrogen (secondary N) is 1. The summed E-state index contributed by atoms with van der Waals surface area (Å²) in [5.74, 6) is 1.38. The summed E-state index contributed by atoms with van der Waals surface area (Å²) in [6.07, 6.45) is 10.8. The molecule has 0 bridgehead atoms. The molecule has 20 heavy (non-hydrogen) atoms. The molecule has 5 heteroatoms. The Morgan fingerprint density at radius 2 is 2.15 bits per heavy atom. The highest BCUT2D eigenvalue weighted by atomic mass is 16.1. The molecule has 2 heterocycles. The number of allylic oxidation sites excluding steroid dienone is 1. The van der Waals surface area contributed by atoms with E-state index in [2.05, 4.69) is 27.2 Å². The third kappa shape index (κ3) is 2.59. The summed E-state index contributed by atoms with van der Waals surface area (Å²) >= 11 is 0. The zero-order chi connectivity index (χ0) is 13.9. The van der Waals surface area contributed by atoms with Gasteiger partial charge in [0.25, 0.3) is 0 Å². The highest BCUT2D eigenvalue weighted by Crippen LogP contribution is 2.28. The molecule has 1 aromatic heterocycles. The van der Waals surface area contributed by atoms with Crippen molar-refractivity contribution >= 4 is 0 Å². The molecule has 3 rings (SSSR count). The molecule has 1 N–H and O–H groups in total. The van der Waals surface area contributed by atoms with Crippen molar-refractivity contribution in [2.24, 2.45) is 0 Å². The fourth-order valence-electron chi connectivity index (χ4n) is 3.54. The SMILES string of the molecule is CCn1c(C2CCN(C3C=CCCC3)CC2)n[nH]c1=O. The maximum atomic E-state index is 11.7. The molecule has 1 unspecified atom stereocenters. The van der Waals surface area contributed by atoms with E-state index >= 15 is 0 Å². The lowest BCUT2D eigenvalue weighted by Gasteiger charge is -2.37. The molecule has 110 valence electrons. The van der Waals surface area contributed by atoms with Crippen molar-refractivity contribution in [1.29, 1.82) is 0 Å². The lowest BCUT2D eigenvalue weighted by Crippen LogP contribution is -2.41. The van der Waals surface area contributed by atoms with Gasteiger partial charge in [-0.3, -0.25) is 9.47 Å². The topological polar surface area (TPSA) is 53.9 Å². The van der Waals surface area contributed by atoms with E-state index in [-0.39, 0.29) is 5.69 Å². The molecular weight excluding hydrogens is 252 g/mol. The summed E-state index contributed by atoms with van der Waals surface area (Å²) in [5, 5.41) is 6.83. The molecule has 1 atom stereocenters. The Bertz CT molecular complexity index is 522. The number of hydrogen-bond donors (Lipinski definition) is 1. The van der Waals surface area contributed by atoms with Crippen LogP contribution < -0.4 is 5.69 Å². The van der Waals surface area contributed by atoms with Crippen LogP contribution >= 0.6 is 0 Å². The van der Waals surface area contributed by atoms with Gasteiger partial charge in [-0.2, -0.15) is 5.10 Å². The summed E-state index contributed by atoms with van der Waals surface area (Å²) in [4.78, 5) is 14.2. The minimum absolute atomic E-state index is 0.0693. The first-order valence-electron chi connectivity index (χ1n) is 7.85. The van der Waals surface area contributed by atoms with Gasteiger partial charge in [0.15, 0.2) is 0 Å². The summed E-state index contributed by atoms with van der Waals surface area (Å²) in [6.45, 7) is 4.94. The predicted molar refractivity (Wildman–Crippen MR) is 78.8 cm³/mol. The summed E-state index contributed by atoms with van der Waals surface area (Å²) in [6, 6.07) is 0.636. The number of hydrogen-bond acceptors (Lipinski definition) is 3. The van der Waals surface area contributed by atoms with Gasteiger partial charge in [-0.1, -0.05) is 12.2 Å². The highest BCUT2D eigenvalue weighted by Gasteiger charge is 2.28. The van der Waals surface area contributed by atoms with Crippen LogP contribution in [0.1, 0.15) is 50.8 Å². The lowest BCUT2D eigenvalue weighted by molar-refractivity contribution is 0.163. The van der Waals surface area contributed by atoms with Gasteiger partial charge in [0.2, 0.25) is 0 Å².